The molecule has 2 amide bonds. The molecule has 2 fully saturated rings. The van der Waals surface area contributed by atoms with Crippen LogP contribution in [0, 0.1) is 39.9 Å². The first-order valence-electron chi connectivity index (χ1n) is 14.4. The molecule has 2 heterocycles. The van der Waals surface area contributed by atoms with Crippen molar-refractivity contribution in [2.75, 3.05) is 25.5 Å². The van der Waals surface area contributed by atoms with E-state index in [0.29, 0.717) is 5.56 Å². The second-order valence-electron chi connectivity index (χ2n) is 14.2. The molecule has 0 radical (unpaired) electrons. The quantitative estimate of drug-likeness (QED) is 0.466. The number of carbonyl (C=O) groups is 2. The van der Waals surface area contributed by atoms with Gasteiger partial charge in [0.2, 0.25) is 21.8 Å². The lowest BCUT2D eigenvalue weighted by Gasteiger charge is -2.39. The number of pyridine rings is 1. The average Bonchev–Trinajstić information content (AvgIpc) is 3.11. The number of rotatable bonds is 8. The van der Waals surface area contributed by atoms with Crippen LogP contribution in [0.3, 0.4) is 0 Å². The number of piperidine rings is 1. The molecule has 1 aromatic carbocycles. The fourth-order valence-electron chi connectivity index (χ4n) is 6.90. The zero-order chi connectivity index (χ0) is 32.3. The van der Waals surface area contributed by atoms with Crippen molar-refractivity contribution < 1.29 is 18.0 Å². The van der Waals surface area contributed by atoms with E-state index >= 15 is 0 Å². The second kappa shape index (κ2) is 10.6. The standard InChI is InChI=1S/C32H44N6O4S/c1-20-15-21(18-34-17-20)24(16-33)35-27(39)26-32(8)30(5,6)31(32,7)19-38(26)28(40)25(29(2,3)4)36-43(41,42)23-13-11-22(12-14-23)37(9)10/h11-15,17-18,24-26,36H,19H2,1-10H3,(H,35,39)/t24?,25-,26-,31-,32+/m1/s1. The lowest BCUT2D eigenvalue weighted by atomic mass is 9.84. The Morgan fingerprint density at radius 3 is 2.23 bits per heavy atom. The number of hydrogen-bond donors (Lipinski definition) is 2. The monoisotopic (exact) mass is 608 g/mol. The first-order chi connectivity index (χ1) is 19.7. The van der Waals surface area contributed by atoms with E-state index in [1.807, 2.05) is 32.8 Å². The van der Waals surface area contributed by atoms with Gasteiger partial charge in [-0.2, -0.15) is 9.98 Å². The van der Waals surface area contributed by atoms with Crippen molar-refractivity contribution in [2.24, 2.45) is 21.7 Å². The topological polar surface area (TPSA) is 136 Å². The Balaban J connectivity index is 1.69. The highest BCUT2D eigenvalue weighted by atomic mass is 32.2. The molecule has 5 atom stereocenters. The van der Waals surface area contributed by atoms with Crippen LogP contribution in [-0.2, 0) is 19.6 Å². The highest BCUT2D eigenvalue weighted by molar-refractivity contribution is 7.89. The molecule has 1 aliphatic carbocycles. The molecule has 1 saturated carbocycles. The zero-order valence-corrected chi connectivity index (χ0v) is 27.6. The van der Waals surface area contributed by atoms with E-state index < -0.39 is 56.2 Å². The second-order valence-corrected chi connectivity index (χ2v) is 15.9. The van der Waals surface area contributed by atoms with Crippen LogP contribution < -0.4 is 14.9 Å². The molecule has 11 heteroatoms. The third kappa shape index (κ3) is 5.18. The molecule has 10 nitrogen and oxygen atoms in total. The molecule has 2 aromatic rings. The SMILES string of the molecule is Cc1cncc(C(C#N)NC(=O)[C@H]2N(C(=O)[C@@H](NS(=O)(=O)c3ccc(N(C)C)cc3)C(C)(C)C)C[C@]3(C)C(C)(C)[C@]23C)c1. The Morgan fingerprint density at radius 2 is 1.72 bits per heavy atom. The third-order valence-electron chi connectivity index (χ3n) is 10.3. The summed E-state index contributed by atoms with van der Waals surface area (Å²) in [6, 6.07) is 7.35. The van der Waals surface area contributed by atoms with E-state index in [1.54, 1.807) is 51.4 Å². The molecular weight excluding hydrogens is 564 g/mol. The summed E-state index contributed by atoms with van der Waals surface area (Å²) in [5.74, 6) is -0.926. The maximum atomic E-state index is 14.4. The Morgan fingerprint density at radius 1 is 1.12 bits per heavy atom. The summed E-state index contributed by atoms with van der Waals surface area (Å²) in [6.45, 7) is 15.8. The summed E-state index contributed by atoms with van der Waals surface area (Å²) in [5, 5.41) is 12.8. The summed E-state index contributed by atoms with van der Waals surface area (Å²) in [5.41, 5.74) is 0.147. The Hall–Kier alpha value is -3.49. The maximum absolute atomic E-state index is 14.4. The van der Waals surface area contributed by atoms with Crippen molar-refractivity contribution in [3.05, 3.63) is 53.9 Å². The van der Waals surface area contributed by atoms with Crippen LogP contribution in [-0.4, -0.2) is 62.8 Å². The number of carbonyl (C=O) groups excluding carboxylic acids is 2. The number of nitriles is 1. The number of benzene rings is 1. The van der Waals surface area contributed by atoms with Gasteiger partial charge in [-0.1, -0.05) is 48.5 Å². The fraction of sp³-hybridized carbons (Fsp3) is 0.562. The minimum Gasteiger partial charge on any atom is -0.378 e. The smallest absolute Gasteiger partial charge is 0.244 e. The van der Waals surface area contributed by atoms with Crippen LogP contribution in [0.25, 0.3) is 0 Å². The lowest BCUT2D eigenvalue weighted by Crippen LogP contribution is -2.60. The number of hydrogen-bond acceptors (Lipinski definition) is 7. The van der Waals surface area contributed by atoms with Crippen molar-refractivity contribution in [1.29, 1.82) is 5.26 Å². The van der Waals surface area contributed by atoms with Gasteiger partial charge in [0.15, 0.2) is 0 Å². The number of aryl methyl sites for hydroxylation is 1. The summed E-state index contributed by atoms with van der Waals surface area (Å²) >= 11 is 0. The van der Waals surface area contributed by atoms with E-state index in [0.717, 1.165) is 11.3 Å². The molecule has 1 aliphatic heterocycles. The van der Waals surface area contributed by atoms with E-state index in [2.05, 4.69) is 41.9 Å². The molecule has 1 aromatic heterocycles. The Bertz CT molecular complexity index is 1570. The van der Waals surface area contributed by atoms with Crippen molar-refractivity contribution >= 4 is 27.5 Å². The molecule has 1 saturated heterocycles. The van der Waals surface area contributed by atoms with Gasteiger partial charge in [-0.15, -0.1) is 0 Å². The van der Waals surface area contributed by atoms with Gasteiger partial charge >= 0.3 is 0 Å². The molecule has 2 N–H and O–H groups in total. The van der Waals surface area contributed by atoms with Gasteiger partial charge in [-0.3, -0.25) is 14.6 Å². The van der Waals surface area contributed by atoms with Crippen molar-refractivity contribution in [3.63, 3.8) is 0 Å². The van der Waals surface area contributed by atoms with Crippen molar-refractivity contribution in [2.45, 2.75) is 78.4 Å². The Labute approximate surface area is 255 Å². The number of nitrogens with one attached hydrogen (secondary N) is 2. The van der Waals surface area contributed by atoms with E-state index in [-0.39, 0.29) is 16.9 Å². The third-order valence-corrected chi connectivity index (χ3v) is 11.8. The molecule has 2 aliphatic rings. The molecule has 43 heavy (non-hydrogen) atoms. The van der Waals surface area contributed by atoms with Crippen LogP contribution in [0.15, 0.2) is 47.6 Å². The first kappa shape index (κ1) is 32.4. The highest BCUT2D eigenvalue weighted by Crippen LogP contribution is 2.83. The van der Waals surface area contributed by atoms with Gasteiger partial charge < -0.3 is 15.1 Å². The van der Waals surface area contributed by atoms with Crippen LogP contribution in [0.1, 0.15) is 65.6 Å². The maximum Gasteiger partial charge on any atom is 0.244 e. The summed E-state index contributed by atoms with van der Waals surface area (Å²) in [6.07, 6.45) is 3.21. The Kier molecular flexibility index (Phi) is 7.99. The molecule has 4 rings (SSSR count). The number of nitrogens with zero attached hydrogens (tertiary/aromatic N) is 4. The average molecular weight is 609 g/mol. The van der Waals surface area contributed by atoms with Gasteiger partial charge in [-0.25, -0.2) is 8.42 Å². The largest absolute Gasteiger partial charge is 0.378 e. The lowest BCUT2D eigenvalue weighted by molar-refractivity contribution is -0.145. The number of anilines is 1. The van der Waals surface area contributed by atoms with Crippen molar-refractivity contribution in [3.8, 4) is 6.07 Å². The van der Waals surface area contributed by atoms with Crippen molar-refractivity contribution in [1.82, 2.24) is 19.9 Å². The van der Waals surface area contributed by atoms with E-state index in [9.17, 15) is 23.3 Å². The van der Waals surface area contributed by atoms with Gasteiger partial charge in [0.25, 0.3) is 0 Å². The van der Waals surface area contributed by atoms with Crippen LogP contribution in [0.4, 0.5) is 5.69 Å². The molecule has 232 valence electrons. The zero-order valence-electron chi connectivity index (χ0n) is 26.8. The van der Waals surface area contributed by atoms with Gasteiger partial charge in [0.1, 0.15) is 18.1 Å². The van der Waals surface area contributed by atoms with Gasteiger partial charge in [0.05, 0.1) is 11.0 Å². The summed E-state index contributed by atoms with van der Waals surface area (Å²) in [7, 11) is -0.356. The number of fused-ring (bicyclic) bond motifs is 1. The van der Waals surface area contributed by atoms with Gasteiger partial charge in [0, 0.05) is 49.7 Å². The molecular formula is C32H44N6O4S. The van der Waals surface area contributed by atoms with Crippen LogP contribution >= 0.6 is 0 Å². The number of aromatic nitrogens is 1. The highest BCUT2D eigenvalue weighted by Gasteiger charge is 2.85. The van der Waals surface area contributed by atoms with Crippen LogP contribution in [0.5, 0.6) is 0 Å². The first-order valence-corrected chi connectivity index (χ1v) is 15.9. The predicted octanol–water partition coefficient (Wildman–Crippen LogP) is 3.79. The number of sulfonamides is 1. The van der Waals surface area contributed by atoms with Gasteiger partial charge in [-0.05, 0) is 59.1 Å². The number of likely N-dealkylation sites (tertiary alicyclic amines) is 1. The molecule has 1 unspecified atom stereocenters. The number of amides is 2. The predicted molar refractivity (Wildman–Crippen MR) is 165 cm³/mol. The normalized spacial score (nSPS) is 25.7. The fourth-order valence-corrected chi connectivity index (χ4v) is 8.30. The molecule has 0 spiro atoms. The van der Waals surface area contributed by atoms with E-state index in [1.165, 1.54) is 17.0 Å². The van der Waals surface area contributed by atoms with E-state index in [4.69, 9.17) is 0 Å². The summed E-state index contributed by atoms with van der Waals surface area (Å²) < 4.78 is 29.8. The summed E-state index contributed by atoms with van der Waals surface area (Å²) in [4.78, 5) is 36.1. The van der Waals surface area contributed by atoms with Crippen LogP contribution in [0.2, 0.25) is 0 Å². The molecule has 0 bridgehead atoms. The minimum atomic E-state index is -4.08. The minimum absolute atomic E-state index is 0.0439.